The van der Waals surface area contributed by atoms with Gasteiger partial charge in [-0.2, -0.15) is 0 Å². The van der Waals surface area contributed by atoms with Gasteiger partial charge in [0.1, 0.15) is 6.04 Å². The fourth-order valence-corrected chi connectivity index (χ4v) is 3.62. The molecule has 166 valence electrons. The molecule has 0 saturated carbocycles. The van der Waals surface area contributed by atoms with Gasteiger partial charge in [0.2, 0.25) is 18.6 Å². The fourth-order valence-electron chi connectivity index (χ4n) is 3.62. The van der Waals surface area contributed by atoms with E-state index >= 15 is 0 Å². The molecule has 0 fully saturated rings. The molecule has 2 amide bonds. The van der Waals surface area contributed by atoms with Gasteiger partial charge in [-0.3, -0.25) is 9.59 Å². The van der Waals surface area contributed by atoms with Gasteiger partial charge >= 0.3 is 0 Å². The number of hydrogen-bond donors (Lipinski definition) is 1. The minimum absolute atomic E-state index is 0.0442. The molecule has 1 N–H and O–H groups in total. The molecule has 31 heavy (non-hydrogen) atoms. The van der Waals surface area contributed by atoms with Gasteiger partial charge in [0.25, 0.3) is 0 Å². The number of carbonyl (C=O) groups excluding carboxylic acids is 2. The predicted octanol–water partition coefficient (Wildman–Crippen LogP) is 3.99. The lowest BCUT2D eigenvalue weighted by atomic mass is 10.1. The monoisotopic (exact) mass is 424 g/mol. The highest BCUT2D eigenvalue weighted by Crippen LogP contribution is 2.32. The Labute approximate surface area is 184 Å². The minimum Gasteiger partial charge on any atom is -0.454 e. The molecule has 1 aliphatic rings. The van der Waals surface area contributed by atoms with Crippen molar-refractivity contribution in [1.29, 1.82) is 0 Å². The molecule has 0 spiro atoms. The van der Waals surface area contributed by atoms with E-state index in [0.717, 1.165) is 35.3 Å². The number of fused-ring (bicyclic) bond motifs is 1. The third-order valence-corrected chi connectivity index (χ3v) is 5.50. The second-order valence-electron chi connectivity index (χ2n) is 8.02. The van der Waals surface area contributed by atoms with Crippen molar-refractivity contribution in [2.45, 2.75) is 59.0 Å². The average molecular weight is 425 g/mol. The summed E-state index contributed by atoms with van der Waals surface area (Å²) < 4.78 is 10.8. The van der Waals surface area contributed by atoms with Gasteiger partial charge in [-0.05, 0) is 49.9 Å². The number of hydrogen-bond acceptors (Lipinski definition) is 4. The molecule has 1 heterocycles. The molecule has 0 aliphatic carbocycles. The zero-order valence-corrected chi connectivity index (χ0v) is 18.6. The van der Waals surface area contributed by atoms with Crippen LogP contribution in [0.3, 0.4) is 0 Å². The summed E-state index contributed by atoms with van der Waals surface area (Å²) in [5.74, 6) is 1.29. The van der Waals surface area contributed by atoms with E-state index in [9.17, 15) is 9.59 Å². The summed E-state index contributed by atoms with van der Waals surface area (Å²) >= 11 is 0. The fraction of sp³-hybridized carbons (Fsp3) is 0.440. The Balaban J connectivity index is 1.69. The first kappa shape index (κ1) is 22.7. The van der Waals surface area contributed by atoms with Crippen molar-refractivity contribution < 1.29 is 19.1 Å². The molecule has 0 bridgehead atoms. The van der Waals surface area contributed by atoms with Crippen LogP contribution in [-0.2, 0) is 22.6 Å². The Kier molecular flexibility index (Phi) is 7.93. The Morgan fingerprint density at radius 1 is 1.10 bits per heavy atom. The molecule has 0 radical (unpaired) electrons. The molecule has 0 aromatic heterocycles. The summed E-state index contributed by atoms with van der Waals surface area (Å²) in [7, 11) is 0. The molecular weight excluding hydrogens is 392 g/mol. The second kappa shape index (κ2) is 10.8. The van der Waals surface area contributed by atoms with E-state index in [1.807, 2.05) is 43.3 Å². The normalized spacial score (nSPS) is 13.0. The van der Waals surface area contributed by atoms with Crippen LogP contribution >= 0.6 is 0 Å². The van der Waals surface area contributed by atoms with E-state index in [0.29, 0.717) is 31.7 Å². The number of amides is 2. The van der Waals surface area contributed by atoms with Gasteiger partial charge in [-0.15, -0.1) is 0 Å². The lowest BCUT2D eigenvalue weighted by molar-refractivity contribution is -0.140. The van der Waals surface area contributed by atoms with Crippen molar-refractivity contribution >= 4 is 11.8 Å². The SMILES string of the molecule is CCCCNC(=O)[C@@H](C)N(Cc1cccc(C)c1)C(=O)CCc1ccc2c(c1)OCO2. The smallest absolute Gasteiger partial charge is 0.242 e. The van der Waals surface area contributed by atoms with Crippen LogP contribution < -0.4 is 14.8 Å². The molecule has 2 aromatic carbocycles. The molecular formula is C25H32N2O4. The predicted molar refractivity (Wildman–Crippen MR) is 120 cm³/mol. The van der Waals surface area contributed by atoms with E-state index in [1.165, 1.54) is 0 Å². The Bertz CT molecular complexity index is 912. The quantitative estimate of drug-likeness (QED) is 0.586. The third kappa shape index (κ3) is 6.23. The topological polar surface area (TPSA) is 67.9 Å². The van der Waals surface area contributed by atoms with Crippen molar-refractivity contribution in [3.63, 3.8) is 0 Å². The maximum absolute atomic E-state index is 13.2. The highest BCUT2D eigenvalue weighted by Gasteiger charge is 2.26. The van der Waals surface area contributed by atoms with E-state index in [4.69, 9.17) is 9.47 Å². The second-order valence-corrected chi connectivity index (χ2v) is 8.02. The third-order valence-electron chi connectivity index (χ3n) is 5.50. The lowest BCUT2D eigenvalue weighted by Crippen LogP contribution is -2.47. The van der Waals surface area contributed by atoms with Crippen molar-refractivity contribution in [2.24, 2.45) is 0 Å². The van der Waals surface area contributed by atoms with Gasteiger partial charge < -0.3 is 19.7 Å². The zero-order chi connectivity index (χ0) is 22.2. The Morgan fingerprint density at radius 2 is 1.90 bits per heavy atom. The summed E-state index contributed by atoms with van der Waals surface area (Å²) in [5, 5.41) is 2.95. The molecule has 0 unspecified atom stereocenters. The summed E-state index contributed by atoms with van der Waals surface area (Å²) in [6, 6.07) is 13.3. The highest BCUT2D eigenvalue weighted by atomic mass is 16.7. The number of rotatable bonds is 10. The van der Waals surface area contributed by atoms with Crippen molar-refractivity contribution in [3.8, 4) is 11.5 Å². The number of benzene rings is 2. The standard InChI is InChI=1S/C25H32N2O4/c1-4-5-13-26-25(29)19(3)27(16-21-8-6-7-18(2)14-21)24(28)12-10-20-9-11-22-23(15-20)31-17-30-22/h6-9,11,14-15,19H,4-5,10,12-13,16-17H2,1-3H3,(H,26,29)/t19-/m1/s1. The van der Waals surface area contributed by atoms with E-state index < -0.39 is 6.04 Å². The first-order valence-corrected chi connectivity index (χ1v) is 11.0. The van der Waals surface area contributed by atoms with Gasteiger partial charge in [0, 0.05) is 19.5 Å². The molecule has 3 rings (SSSR count). The van der Waals surface area contributed by atoms with E-state index in [-0.39, 0.29) is 18.6 Å². The van der Waals surface area contributed by atoms with Gasteiger partial charge in [0.05, 0.1) is 0 Å². The minimum atomic E-state index is -0.540. The number of carbonyl (C=O) groups is 2. The molecule has 0 saturated heterocycles. The lowest BCUT2D eigenvalue weighted by Gasteiger charge is -2.29. The van der Waals surface area contributed by atoms with Crippen LogP contribution in [0.5, 0.6) is 11.5 Å². The highest BCUT2D eigenvalue weighted by molar-refractivity contribution is 5.87. The molecule has 6 heteroatoms. The Hall–Kier alpha value is -3.02. The number of ether oxygens (including phenoxy) is 2. The maximum Gasteiger partial charge on any atom is 0.242 e. The van der Waals surface area contributed by atoms with Crippen LogP contribution in [0.15, 0.2) is 42.5 Å². The first-order chi connectivity index (χ1) is 15.0. The first-order valence-electron chi connectivity index (χ1n) is 11.0. The van der Waals surface area contributed by atoms with Crippen molar-refractivity contribution in [2.75, 3.05) is 13.3 Å². The van der Waals surface area contributed by atoms with Crippen molar-refractivity contribution in [1.82, 2.24) is 10.2 Å². The van der Waals surface area contributed by atoms with Crippen LogP contribution in [0.4, 0.5) is 0 Å². The van der Waals surface area contributed by atoms with Gasteiger partial charge in [-0.25, -0.2) is 0 Å². The maximum atomic E-state index is 13.2. The summed E-state index contributed by atoms with van der Waals surface area (Å²) in [5.41, 5.74) is 3.16. The van der Waals surface area contributed by atoms with Crippen LogP contribution in [-0.4, -0.2) is 36.1 Å². The Morgan fingerprint density at radius 3 is 2.68 bits per heavy atom. The van der Waals surface area contributed by atoms with E-state index in [2.05, 4.69) is 18.3 Å². The number of nitrogens with one attached hydrogen (secondary N) is 1. The van der Waals surface area contributed by atoms with Gasteiger partial charge in [-0.1, -0.05) is 49.2 Å². The summed E-state index contributed by atoms with van der Waals surface area (Å²) in [6.07, 6.45) is 2.83. The van der Waals surface area contributed by atoms with Crippen LogP contribution in [0.25, 0.3) is 0 Å². The molecule has 1 aliphatic heterocycles. The summed E-state index contributed by atoms with van der Waals surface area (Å²) in [4.78, 5) is 27.6. The number of nitrogens with zero attached hydrogens (tertiary/aromatic N) is 1. The largest absolute Gasteiger partial charge is 0.454 e. The van der Waals surface area contributed by atoms with Crippen LogP contribution in [0.2, 0.25) is 0 Å². The van der Waals surface area contributed by atoms with Crippen LogP contribution in [0, 0.1) is 6.92 Å². The van der Waals surface area contributed by atoms with E-state index in [1.54, 1.807) is 11.8 Å². The zero-order valence-electron chi connectivity index (χ0n) is 18.6. The average Bonchev–Trinajstić information content (AvgIpc) is 3.23. The van der Waals surface area contributed by atoms with Gasteiger partial charge in [0.15, 0.2) is 11.5 Å². The number of aryl methyl sites for hydroxylation is 2. The molecule has 6 nitrogen and oxygen atoms in total. The van der Waals surface area contributed by atoms with Crippen LogP contribution in [0.1, 0.15) is 49.8 Å². The number of unbranched alkanes of at least 4 members (excludes halogenated alkanes) is 1. The summed E-state index contributed by atoms with van der Waals surface area (Å²) in [6.45, 7) is 7.17. The van der Waals surface area contributed by atoms with Crippen molar-refractivity contribution in [3.05, 3.63) is 59.2 Å². The molecule has 2 aromatic rings. The molecule has 1 atom stereocenters.